The van der Waals surface area contributed by atoms with Crippen LogP contribution in [-0.2, 0) is 10.3 Å². The van der Waals surface area contributed by atoms with E-state index < -0.39 is 17.5 Å². The third kappa shape index (κ3) is 3.54. The van der Waals surface area contributed by atoms with Gasteiger partial charge in [0.1, 0.15) is 11.3 Å². The van der Waals surface area contributed by atoms with Crippen molar-refractivity contribution in [1.29, 1.82) is 0 Å². The molecule has 0 aliphatic carbocycles. The summed E-state index contributed by atoms with van der Waals surface area (Å²) < 4.78 is 20.7. The molecule has 1 fully saturated rings. The summed E-state index contributed by atoms with van der Waals surface area (Å²) in [6.45, 7) is 0.728. The molecule has 152 valence electrons. The number of halogens is 3. The number of fused-ring (bicyclic) bond motifs is 1. The summed E-state index contributed by atoms with van der Waals surface area (Å²) in [5.41, 5.74) is 5.35. The van der Waals surface area contributed by atoms with Gasteiger partial charge in [0.05, 0.1) is 22.3 Å². The van der Waals surface area contributed by atoms with Crippen molar-refractivity contribution in [3.05, 3.63) is 63.5 Å². The van der Waals surface area contributed by atoms with Crippen molar-refractivity contribution < 1.29 is 13.9 Å². The maximum atomic E-state index is 14.9. The minimum Gasteiger partial charge on any atom is -0.432 e. The minimum absolute atomic E-state index is 0.271. The average molecular weight is 437 g/mol. The molecule has 4 rings (SSSR count). The number of piperidine rings is 1. The molecule has 9 heteroatoms. The van der Waals surface area contributed by atoms with Crippen LogP contribution in [0.2, 0.25) is 10.0 Å². The third-order valence-corrected chi connectivity index (χ3v) is 6.08. The molecule has 0 bridgehead atoms. The number of H-pyrrole nitrogens is 1. The van der Waals surface area contributed by atoms with Gasteiger partial charge in [0, 0.05) is 16.5 Å². The summed E-state index contributed by atoms with van der Waals surface area (Å²) in [6, 6.07) is 7.69. The number of carbonyl (C=O) groups excluding carboxylic acids is 1. The van der Waals surface area contributed by atoms with E-state index in [4.69, 9.17) is 33.7 Å². The second kappa shape index (κ2) is 7.82. The molecule has 0 saturated carbocycles. The van der Waals surface area contributed by atoms with Gasteiger partial charge in [-0.3, -0.25) is 5.10 Å². The zero-order valence-electron chi connectivity index (χ0n) is 15.3. The van der Waals surface area contributed by atoms with Crippen molar-refractivity contribution in [1.82, 2.24) is 15.5 Å². The zero-order valence-corrected chi connectivity index (χ0v) is 16.9. The zero-order chi connectivity index (χ0) is 20.6. The lowest BCUT2D eigenvalue weighted by atomic mass is 9.76. The van der Waals surface area contributed by atoms with Gasteiger partial charge >= 0.3 is 6.09 Å². The lowest BCUT2D eigenvalue weighted by molar-refractivity contribution is 0.00652. The number of carbonyl (C=O) groups is 1. The lowest BCUT2D eigenvalue weighted by Crippen LogP contribution is -2.54. The highest BCUT2D eigenvalue weighted by atomic mass is 35.5. The molecule has 1 aliphatic rings. The van der Waals surface area contributed by atoms with E-state index in [0.717, 1.165) is 19.4 Å². The van der Waals surface area contributed by atoms with Crippen LogP contribution in [0.3, 0.4) is 0 Å². The van der Waals surface area contributed by atoms with E-state index in [-0.39, 0.29) is 11.6 Å². The molecule has 1 amide bonds. The fourth-order valence-corrected chi connectivity index (χ4v) is 4.37. The topological polar surface area (TPSA) is 93.0 Å². The van der Waals surface area contributed by atoms with Crippen LogP contribution in [0, 0.1) is 5.82 Å². The number of aromatic nitrogens is 2. The highest BCUT2D eigenvalue weighted by molar-refractivity contribution is 6.42. The van der Waals surface area contributed by atoms with Gasteiger partial charge in [-0.05, 0) is 43.7 Å². The lowest BCUT2D eigenvalue weighted by Gasteiger charge is -2.43. The number of nitrogens with zero attached hydrogens (tertiary/aromatic N) is 1. The number of amides is 1. The number of hydrogen-bond donors (Lipinski definition) is 3. The molecule has 0 radical (unpaired) electrons. The summed E-state index contributed by atoms with van der Waals surface area (Å²) in [5, 5.41) is 11.1. The smallest absolute Gasteiger partial charge is 0.405 e. The predicted molar refractivity (Wildman–Crippen MR) is 110 cm³/mol. The van der Waals surface area contributed by atoms with E-state index in [1.165, 1.54) is 12.3 Å². The molecule has 0 spiro atoms. The summed E-state index contributed by atoms with van der Waals surface area (Å²) in [6.07, 6.45) is 3.13. The van der Waals surface area contributed by atoms with E-state index >= 15 is 0 Å². The first-order valence-electron chi connectivity index (χ1n) is 9.22. The number of nitrogens with one attached hydrogen (secondary N) is 2. The molecule has 6 nitrogen and oxygen atoms in total. The molecule has 4 N–H and O–H groups in total. The van der Waals surface area contributed by atoms with Crippen LogP contribution >= 0.6 is 23.2 Å². The Labute approximate surface area is 176 Å². The van der Waals surface area contributed by atoms with E-state index in [1.54, 1.807) is 24.3 Å². The molecule has 2 aromatic carbocycles. The number of aromatic amines is 1. The Hall–Kier alpha value is -2.35. The van der Waals surface area contributed by atoms with Crippen molar-refractivity contribution >= 4 is 40.2 Å². The van der Waals surface area contributed by atoms with Gasteiger partial charge in [-0.1, -0.05) is 35.7 Å². The van der Waals surface area contributed by atoms with Crippen LogP contribution in [0.15, 0.2) is 36.5 Å². The van der Waals surface area contributed by atoms with E-state index in [9.17, 15) is 9.18 Å². The minimum atomic E-state index is -1.40. The Balaban J connectivity index is 2.01. The fourth-order valence-electron chi connectivity index (χ4n) is 4.07. The van der Waals surface area contributed by atoms with Gasteiger partial charge in [-0.15, -0.1) is 0 Å². The molecule has 1 aliphatic heterocycles. The van der Waals surface area contributed by atoms with Gasteiger partial charge in [0.2, 0.25) is 0 Å². The van der Waals surface area contributed by atoms with Gasteiger partial charge in [0.25, 0.3) is 0 Å². The number of benzene rings is 2. The van der Waals surface area contributed by atoms with Crippen LogP contribution in [-0.4, -0.2) is 28.9 Å². The summed E-state index contributed by atoms with van der Waals surface area (Å²) in [5.74, 6) is -0.511. The molecule has 1 unspecified atom stereocenters. The molecular formula is C20H19Cl2FN4O2. The first-order valence-corrected chi connectivity index (χ1v) is 9.98. The molecule has 3 aromatic rings. The second-order valence-corrected chi connectivity index (χ2v) is 7.89. The average Bonchev–Trinajstić information content (AvgIpc) is 3.18. The normalized spacial score (nSPS) is 19.1. The first-order chi connectivity index (χ1) is 13.9. The quantitative estimate of drug-likeness (QED) is 0.561. The molecule has 1 saturated heterocycles. The van der Waals surface area contributed by atoms with E-state index in [2.05, 4.69) is 15.5 Å². The molecule has 2 heterocycles. The highest BCUT2D eigenvalue weighted by Gasteiger charge is 2.47. The SMILES string of the molecule is NC(=O)OC(c1ccc(Cl)c(Cl)c1)(c1cc(F)c2[nH]ncc2c1)[C@@H]1CCCCN1. The van der Waals surface area contributed by atoms with Gasteiger partial charge in [-0.25, -0.2) is 9.18 Å². The monoisotopic (exact) mass is 436 g/mol. The molecule has 29 heavy (non-hydrogen) atoms. The van der Waals surface area contributed by atoms with Crippen LogP contribution in [0.4, 0.5) is 9.18 Å². The summed E-state index contributed by atoms with van der Waals surface area (Å²) in [4.78, 5) is 12.1. The number of rotatable bonds is 4. The Morgan fingerprint density at radius 2 is 2.03 bits per heavy atom. The Morgan fingerprint density at radius 1 is 1.21 bits per heavy atom. The number of ether oxygens (including phenoxy) is 1. The van der Waals surface area contributed by atoms with Gasteiger partial charge < -0.3 is 15.8 Å². The number of nitrogens with two attached hydrogens (primary N) is 1. The standard InChI is InChI=1S/C20H19Cl2FN4O2/c21-14-5-4-12(8-15(14)22)20(29-19(24)28,17-3-1-2-6-25-17)13-7-11-10-26-27-18(11)16(23)9-13/h4-5,7-10,17,25H,1-3,6H2,(H2,24,28)(H,26,27)/t17-,20?/m0/s1. The predicted octanol–water partition coefficient (Wildman–Crippen LogP) is 4.49. The fraction of sp³-hybridized carbons (Fsp3) is 0.300. The molecular weight excluding hydrogens is 418 g/mol. The second-order valence-electron chi connectivity index (χ2n) is 7.08. The van der Waals surface area contributed by atoms with Gasteiger partial charge in [0.15, 0.2) is 5.60 Å². The number of primary amides is 1. The Kier molecular flexibility index (Phi) is 5.38. The summed E-state index contributed by atoms with van der Waals surface area (Å²) in [7, 11) is 0. The maximum absolute atomic E-state index is 14.9. The summed E-state index contributed by atoms with van der Waals surface area (Å²) >= 11 is 12.4. The van der Waals surface area contributed by atoms with Crippen molar-refractivity contribution in [3.63, 3.8) is 0 Å². The molecule has 1 aromatic heterocycles. The highest BCUT2D eigenvalue weighted by Crippen LogP contribution is 2.43. The van der Waals surface area contributed by atoms with Crippen molar-refractivity contribution in [2.75, 3.05) is 6.54 Å². The van der Waals surface area contributed by atoms with Crippen LogP contribution < -0.4 is 11.1 Å². The third-order valence-electron chi connectivity index (χ3n) is 5.34. The van der Waals surface area contributed by atoms with Crippen LogP contribution in [0.5, 0.6) is 0 Å². The van der Waals surface area contributed by atoms with E-state index in [1.807, 2.05) is 0 Å². The van der Waals surface area contributed by atoms with Crippen LogP contribution in [0.25, 0.3) is 10.9 Å². The largest absolute Gasteiger partial charge is 0.432 e. The van der Waals surface area contributed by atoms with Crippen molar-refractivity contribution in [2.24, 2.45) is 5.73 Å². The van der Waals surface area contributed by atoms with Crippen molar-refractivity contribution in [3.8, 4) is 0 Å². The van der Waals surface area contributed by atoms with Gasteiger partial charge in [-0.2, -0.15) is 5.10 Å². The Bertz CT molecular complexity index is 1070. The molecule has 2 atom stereocenters. The number of hydrogen-bond acceptors (Lipinski definition) is 4. The van der Waals surface area contributed by atoms with E-state index in [0.29, 0.717) is 33.0 Å². The maximum Gasteiger partial charge on any atom is 0.405 e. The first kappa shape index (κ1) is 19.9. The van der Waals surface area contributed by atoms with Crippen LogP contribution in [0.1, 0.15) is 30.4 Å². The van der Waals surface area contributed by atoms with Crippen molar-refractivity contribution in [2.45, 2.75) is 30.9 Å². The Morgan fingerprint density at radius 3 is 2.72 bits per heavy atom.